The van der Waals surface area contributed by atoms with Crippen LogP contribution in [0.3, 0.4) is 0 Å². The molecule has 4 heteroatoms. The molecule has 1 aliphatic heterocycles. The molecule has 1 fully saturated rings. The number of nitrogens with zero attached hydrogens (tertiary/aromatic N) is 3. The van der Waals surface area contributed by atoms with E-state index in [-0.39, 0.29) is 0 Å². The summed E-state index contributed by atoms with van der Waals surface area (Å²) in [4.78, 5) is 9.39. The standard InChI is InChI=1S/C16H28N4/c1-2-16(6-7-17)20-10-4-9-19(11-12-20)14-15-5-3-8-18-13-15/h3,5,8,13,16H,2,4,6-7,9-12,14,17H2,1H3. The Balaban J connectivity index is 1.85. The lowest BCUT2D eigenvalue weighted by Crippen LogP contribution is -2.39. The Morgan fingerprint density at radius 1 is 1.30 bits per heavy atom. The van der Waals surface area contributed by atoms with E-state index in [1.165, 1.54) is 38.0 Å². The van der Waals surface area contributed by atoms with Gasteiger partial charge in [0.15, 0.2) is 0 Å². The molecule has 1 aromatic heterocycles. The zero-order valence-corrected chi connectivity index (χ0v) is 12.7. The molecule has 0 aromatic carbocycles. The molecule has 0 bridgehead atoms. The Bertz CT molecular complexity index is 368. The van der Waals surface area contributed by atoms with E-state index in [9.17, 15) is 0 Å². The quantitative estimate of drug-likeness (QED) is 0.859. The largest absolute Gasteiger partial charge is 0.330 e. The van der Waals surface area contributed by atoms with Crippen LogP contribution in [0.15, 0.2) is 24.5 Å². The van der Waals surface area contributed by atoms with Gasteiger partial charge in [0.1, 0.15) is 0 Å². The highest BCUT2D eigenvalue weighted by atomic mass is 15.2. The molecule has 112 valence electrons. The molecule has 1 aromatic rings. The average molecular weight is 276 g/mol. The van der Waals surface area contributed by atoms with Gasteiger partial charge >= 0.3 is 0 Å². The summed E-state index contributed by atoms with van der Waals surface area (Å²) in [6, 6.07) is 4.85. The van der Waals surface area contributed by atoms with Gasteiger partial charge in [-0.1, -0.05) is 13.0 Å². The van der Waals surface area contributed by atoms with Crippen molar-refractivity contribution in [2.75, 3.05) is 32.7 Å². The van der Waals surface area contributed by atoms with Gasteiger partial charge in [0.25, 0.3) is 0 Å². The Kier molecular flexibility index (Phi) is 6.43. The maximum Gasteiger partial charge on any atom is 0.0312 e. The molecule has 0 radical (unpaired) electrons. The third-order valence-corrected chi connectivity index (χ3v) is 4.24. The Morgan fingerprint density at radius 2 is 2.20 bits per heavy atom. The lowest BCUT2D eigenvalue weighted by atomic mass is 10.1. The number of hydrogen-bond acceptors (Lipinski definition) is 4. The zero-order valence-electron chi connectivity index (χ0n) is 12.7. The first kappa shape index (κ1) is 15.4. The second-order valence-electron chi connectivity index (χ2n) is 5.67. The van der Waals surface area contributed by atoms with Gasteiger partial charge in [0, 0.05) is 38.1 Å². The molecule has 1 unspecified atom stereocenters. The highest BCUT2D eigenvalue weighted by Crippen LogP contribution is 2.13. The van der Waals surface area contributed by atoms with Crippen molar-refractivity contribution >= 4 is 0 Å². The molecule has 0 amide bonds. The Labute approximate surface area is 123 Å². The predicted molar refractivity (Wildman–Crippen MR) is 83.5 cm³/mol. The molecule has 2 heterocycles. The summed E-state index contributed by atoms with van der Waals surface area (Å²) in [5.41, 5.74) is 7.05. The topological polar surface area (TPSA) is 45.4 Å². The van der Waals surface area contributed by atoms with E-state index in [1.54, 1.807) is 0 Å². The number of hydrogen-bond donors (Lipinski definition) is 1. The van der Waals surface area contributed by atoms with Gasteiger partial charge in [-0.05, 0) is 50.5 Å². The van der Waals surface area contributed by atoms with Crippen molar-refractivity contribution < 1.29 is 0 Å². The molecule has 4 nitrogen and oxygen atoms in total. The maximum atomic E-state index is 5.74. The summed E-state index contributed by atoms with van der Waals surface area (Å²) in [5, 5.41) is 0. The molecule has 1 saturated heterocycles. The van der Waals surface area contributed by atoms with Gasteiger partial charge in [0.05, 0.1) is 0 Å². The van der Waals surface area contributed by atoms with E-state index in [1.807, 2.05) is 18.5 Å². The van der Waals surface area contributed by atoms with Crippen LogP contribution in [0.5, 0.6) is 0 Å². The summed E-state index contributed by atoms with van der Waals surface area (Å²) in [5.74, 6) is 0. The fourth-order valence-corrected chi connectivity index (χ4v) is 3.10. The van der Waals surface area contributed by atoms with Crippen molar-refractivity contribution in [3.8, 4) is 0 Å². The average Bonchev–Trinajstić information content (AvgIpc) is 2.71. The normalized spacial score (nSPS) is 19.7. The van der Waals surface area contributed by atoms with Crippen molar-refractivity contribution in [2.45, 2.75) is 38.8 Å². The summed E-state index contributed by atoms with van der Waals surface area (Å²) < 4.78 is 0. The van der Waals surface area contributed by atoms with Crippen molar-refractivity contribution in [3.05, 3.63) is 30.1 Å². The minimum atomic E-state index is 0.665. The molecule has 0 aliphatic carbocycles. The first-order chi connectivity index (χ1) is 9.83. The lowest BCUT2D eigenvalue weighted by molar-refractivity contribution is 0.184. The Morgan fingerprint density at radius 3 is 2.90 bits per heavy atom. The maximum absolute atomic E-state index is 5.74. The number of nitrogens with two attached hydrogens (primary N) is 1. The van der Waals surface area contributed by atoms with Crippen LogP contribution >= 0.6 is 0 Å². The van der Waals surface area contributed by atoms with E-state index in [4.69, 9.17) is 5.73 Å². The van der Waals surface area contributed by atoms with Crippen LogP contribution in [-0.4, -0.2) is 53.5 Å². The molecule has 20 heavy (non-hydrogen) atoms. The number of pyridine rings is 1. The molecular formula is C16H28N4. The number of aromatic nitrogens is 1. The van der Waals surface area contributed by atoms with Crippen LogP contribution in [0.2, 0.25) is 0 Å². The van der Waals surface area contributed by atoms with Crippen LogP contribution in [0.4, 0.5) is 0 Å². The summed E-state index contributed by atoms with van der Waals surface area (Å²) in [6.45, 7) is 8.81. The summed E-state index contributed by atoms with van der Waals surface area (Å²) in [6.07, 6.45) is 7.40. The molecule has 1 atom stereocenters. The SMILES string of the molecule is CCC(CCN)N1CCCN(Cc2cccnc2)CC1. The fourth-order valence-electron chi connectivity index (χ4n) is 3.10. The highest BCUT2D eigenvalue weighted by molar-refractivity contribution is 5.08. The van der Waals surface area contributed by atoms with Crippen molar-refractivity contribution in [2.24, 2.45) is 5.73 Å². The zero-order chi connectivity index (χ0) is 14.2. The van der Waals surface area contributed by atoms with Crippen LogP contribution in [-0.2, 0) is 6.54 Å². The second kappa shape index (κ2) is 8.35. The van der Waals surface area contributed by atoms with E-state index in [0.717, 1.165) is 26.1 Å². The monoisotopic (exact) mass is 276 g/mol. The lowest BCUT2D eigenvalue weighted by Gasteiger charge is -2.29. The van der Waals surface area contributed by atoms with Crippen LogP contribution < -0.4 is 5.73 Å². The van der Waals surface area contributed by atoms with Crippen LogP contribution in [0.1, 0.15) is 31.7 Å². The molecular weight excluding hydrogens is 248 g/mol. The minimum absolute atomic E-state index is 0.665. The molecule has 0 saturated carbocycles. The van der Waals surface area contributed by atoms with Gasteiger partial charge in [-0.3, -0.25) is 14.8 Å². The summed E-state index contributed by atoms with van der Waals surface area (Å²) in [7, 11) is 0. The Hall–Kier alpha value is -0.970. The van der Waals surface area contributed by atoms with Crippen molar-refractivity contribution in [3.63, 3.8) is 0 Å². The number of rotatable bonds is 6. The second-order valence-corrected chi connectivity index (χ2v) is 5.67. The van der Waals surface area contributed by atoms with E-state index in [0.29, 0.717) is 6.04 Å². The third-order valence-electron chi connectivity index (χ3n) is 4.24. The molecule has 1 aliphatic rings. The fraction of sp³-hybridized carbons (Fsp3) is 0.688. The van der Waals surface area contributed by atoms with E-state index < -0.39 is 0 Å². The van der Waals surface area contributed by atoms with Gasteiger partial charge in [-0.15, -0.1) is 0 Å². The smallest absolute Gasteiger partial charge is 0.0312 e. The third kappa shape index (κ3) is 4.54. The van der Waals surface area contributed by atoms with Gasteiger partial charge in [0.2, 0.25) is 0 Å². The highest BCUT2D eigenvalue weighted by Gasteiger charge is 2.20. The first-order valence-corrected chi connectivity index (χ1v) is 7.89. The molecule has 0 spiro atoms. The van der Waals surface area contributed by atoms with Gasteiger partial charge in [-0.2, -0.15) is 0 Å². The van der Waals surface area contributed by atoms with E-state index in [2.05, 4.69) is 27.8 Å². The minimum Gasteiger partial charge on any atom is -0.330 e. The van der Waals surface area contributed by atoms with Crippen molar-refractivity contribution in [1.29, 1.82) is 0 Å². The molecule has 2 N–H and O–H groups in total. The predicted octanol–water partition coefficient (Wildman–Crippen LogP) is 1.72. The van der Waals surface area contributed by atoms with Crippen molar-refractivity contribution in [1.82, 2.24) is 14.8 Å². The van der Waals surface area contributed by atoms with Crippen LogP contribution in [0, 0.1) is 0 Å². The van der Waals surface area contributed by atoms with Crippen LogP contribution in [0.25, 0.3) is 0 Å². The molecule has 2 rings (SSSR count). The van der Waals surface area contributed by atoms with Gasteiger partial charge < -0.3 is 5.73 Å². The van der Waals surface area contributed by atoms with E-state index >= 15 is 0 Å². The first-order valence-electron chi connectivity index (χ1n) is 7.89. The van der Waals surface area contributed by atoms with Gasteiger partial charge in [-0.25, -0.2) is 0 Å². The summed E-state index contributed by atoms with van der Waals surface area (Å²) >= 11 is 0.